The molecule has 108 valence electrons. The Balaban J connectivity index is 2.40. The molecule has 0 atom stereocenters. The summed E-state index contributed by atoms with van der Waals surface area (Å²) in [4.78, 5) is 3.89. The summed E-state index contributed by atoms with van der Waals surface area (Å²) in [5, 5.41) is 22.8. The van der Waals surface area contributed by atoms with E-state index in [4.69, 9.17) is 5.11 Å². The lowest BCUT2D eigenvalue weighted by Crippen LogP contribution is -2.18. The smallest absolute Gasteiger partial charge is 0.268 e. The van der Waals surface area contributed by atoms with E-state index >= 15 is 0 Å². The van der Waals surface area contributed by atoms with E-state index in [9.17, 15) is 8.42 Å². The van der Waals surface area contributed by atoms with Crippen molar-refractivity contribution in [1.29, 1.82) is 0 Å². The molecule has 3 N–H and O–H groups in total. The standard InChI is InChI=1S/C10H14N6O3S/c1-5-6(2)12-15-10(11-5)16-20(18,19)9-7(3)13-14-8(9)4-17/h17H,4H2,1-3H3,(H,13,14)(H,11,15,16). The van der Waals surface area contributed by atoms with E-state index in [-0.39, 0.29) is 16.5 Å². The second-order valence-electron chi connectivity index (χ2n) is 4.19. The largest absolute Gasteiger partial charge is 0.390 e. The Morgan fingerprint density at radius 1 is 1.20 bits per heavy atom. The zero-order valence-corrected chi connectivity index (χ0v) is 12.0. The summed E-state index contributed by atoms with van der Waals surface area (Å²) in [6, 6.07) is 0. The molecule has 0 radical (unpaired) electrons. The van der Waals surface area contributed by atoms with Crippen molar-refractivity contribution >= 4 is 16.0 Å². The van der Waals surface area contributed by atoms with Gasteiger partial charge in [-0.2, -0.15) is 10.2 Å². The predicted molar refractivity (Wildman–Crippen MR) is 69.4 cm³/mol. The number of nitrogens with zero attached hydrogens (tertiary/aromatic N) is 4. The highest BCUT2D eigenvalue weighted by Crippen LogP contribution is 2.19. The van der Waals surface area contributed by atoms with Gasteiger partial charge in [0.2, 0.25) is 0 Å². The number of nitrogens with one attached hydrogen (secondary N) is 2. The number of aliphatic hydroxyl groups excluding tert-OH is 1. The molecule has 10 heteroatoms. The molecule has 0 spiro atoms. The number of anilines is 1. The Morgan fingerprint density at radius 2 is 1.90 bits per heavy atom. The van der Waals surface area contributed by atoms with Crippen LogP contribution in [0.5, 0.6) is 0 Å². The summed E-state index contributed by atoms with van der Waals surface area (Å²) < 4.78 is 26.8. The average molecular weight is 298 g/mol. The van der Waals surface area contributed by atoms with E-state index in [0.29, 0.717) is 17.1 Å². The second-order valence-corrected chi connectivity index (χ2v) is 5.81. The molecule has 9 nitrogen and oxygen atoms in total. The van der Waals surface area contributed by atoms with Crippen LogP contribution < -0.4 is 4.72 Å². The number of hydrogen-bond acceptors (Lipinski definition) is 7. The third-order valence-corrected chi connectivity index (χ3v) is 4.23. The number of hydrogen-bond donors (Lipinski definition) is 3. The first-order chi connectivity index (χ1) is 9.35. The topological polar surface area (TPSA) is 134 Å². The van der Waals surface area contributed by atoms with Gasteiger partial charge < -0.3 is 5.11 Å². The van der Waals surface area contributed by atoms with Crippen LogP contribution in [-0.4, -0.2) is 38.9 Å². The molecular formula is C10H14N6O3S. The van der Waals surface area contributed by atoms with Gasteiger partial charge in [0, 0.05) is 0 Å². The molecule has 0 aliphatic heterocycles. The minimum atomic E-state index is -3.94. The summed E-state index contributed by atoms with van der Waals surface area (Å²) in [7, 11) is -3.94. The van der Waals surface area contributed by atoms with E-state index < -0.39 is 16.6 Å². The highest BCUT2D eigenvalue weighted by atomic mass is 32.2. The molecule has 0 fully saturated rings. The van der Waals surface area contributed by atoms with Crippen LogP contribution in [0.3, 0.4) is 0 Å². The lowest BCUT2D eigenvalue weighted by atomic mass is 10.4. The summed E-state index contributed by atoms with van der Waals surface area (Å²) in [5.74, 6) is -0.127. The van der Waals surface area contributed by atoms with E-state index in [0.717, 1.165) is 0 Å². The molecule has 0 unspecified atom stereocenters. The third-order valence-electron chi connectivity index (χ3n) is 2.70. The number of sulfonamides is 1. The normalized spacial score (nSPS) is 11.6. The lowest BCUT2D eigenvalue weighted by molar-refractivity contribution is 0.273. The Morgan fingerprint density at radius 3 is 2.50 bits per heavy atom. The number of rotatable bonds is 4. The van der Waals surface area contributed by atoms with Gasteiger partial charge in [-0.15, -0.1) is 5.10 Å². The van der Waals surface area contributed by atoms with Crippen molar-refractivity contribution in [2.24, 2.45) is 0 Å². The molecule has 2 rings (SSSR count). The molecule has 0 amide bonds. The van der Waals surface area contributed by atoms with Gasteiger partial charge in [-0.3, -0.25) is 5.10 Å². The molecule has 0 aromatic carbocycles. The van der Waals surface area contributed by atoms with Crippen LogP contribution in [0.1, 0.15) is 22.8 Å². The van der Waals surface area contributed by atoms with Crippen LogP contribution >= 0.6 is 0 Å². The monoisotopic (exact) mass is 298 g/mol. The third kappa shape index (κ3) is 2.60. The van der Waals surface area contributed by atoms with Crippen molar-refractivity contribution in [1.82, 2.24) is 25.4 Å². The zero-order valence-electron chi connectivity index (χ0n) is 11.2. The van der Waals surface area contributed by atoms with Crippen LogP contribution in [0.15, 0.2) is 4.90 Å². The Bertz CT molecular complexity index is 739. The molecule has 2 aromatic rings. The number of aliphatic hydroxyl groups is 1. The summed E-state index contributed by atoms with van der Waals surface area (Å²) in [5.41, 5.74) is 1.54. The van der Waals surface area contributed by atoms with Gasteiger partial charge in [0.05, 0.1) is 23.7 Å². The molecule has 20 heavy (non-hydrogen) atoms. The maximum Gasteiger partial charge on any atom is 0.268 e. The summed E-state index contributed by atoms with van der Waals surface area (Å²) >= 11 is 0. The molecule has 0 aliphatic carbocycles. The van der Waals surface area contributed by atoms with Crippen molar-refractivity contribution < 1.29 is 13.5 Å². The first kappa shape index (κ1) is 14.3. The number of aromatic amines is 1. The Kier molecular flexibility index (Phi) is 3.68. The van der Waals surface area contributed by atoms with Crippen molar-refractivity contribution in [2.75, 3.05) is 4.72 Å². The Hall–Kier alpha value is -2.07. The van der Waals surface area contributed by atoms with Crippen molar-refractivity contribution in [2.45, 2.75) is 32.3 Å². The summed E-state index contributed by atoms with van der Waals surface area (Å²) in [6.45, 7) is 4.47. The van der Waals surface area contributed by atoms with Crippen LogP contribution in [0.2, 0.25) is 0 Å². The minimum absolute atomic E-state index is 0.0341. The minimum Gasteiger partial charge on any atom is -0.390 e. The Labute approximate surface area is 115 Å². The number of aryl methyl sites for hydroxylation is 3. The number of aromatic nitrogens is 5. The lowest BCUT2D eigenvalue weighted by Gasteiger charge is -2.07. The average Bonchev–Trinajstić information content (AvgIpc) is 2.75. The van der Waals surface area contributed by atoms with Crippen LogP contribution in [0.4, 0.5) is 5.95 Å². The molecule has 2 aromatic heterocycles. The van der Waals surface area contributed by atoms with Gasteiger partial charge in [0.15, 0.2) is 0 Å². The molecule has 0 aliphatic rings. The summed E-state index contributed by atoms with van der Waals surface area (Å²) in [6.07, 6.45) is 0. The fourth-order valence-electron chi connectivity index (χ4n) is 1.60. The van der Waals surface area contributed by atoms with Crippen LogP contribution in [0, 0.1) is 20.8 Å². The van der Waals surface area contributed by atoms with E-state index in [1.165, 1.54) is 0 Å². The van der Waals surface area contributed by atoms with Crippen LogP contribution in [-0.2, 0) is 16.6 Å². The van der Waals surface area contributed by atoms with Crippen molar-refractivity contribution in [3.8, 4) is 0 Å². The van der Waals surface area contributed by atoms with E-state index in [1.54, 1.807) is 20.8 Å². The van der Waals surface area contributed by atoms with E-state index in [2.05, 4.69) is 30.1 Å². The molecular weight excluding hydrogens is 284 g/mol. The maximum atomic E-state index is 12.3. The quantitative estimate of drug-likeness (QED) is 0.712. The fraction of sp³-hybridized carbons (Fsp3) is 0.400. The van der Waals surface area contributed by atoms with Crippen molar-refractivity contribution in [3.05, 3.63) is 22.8 Å². The highest BCUT2D eigenvalue weighted by Gasteiger charge is 2.25. The van der Waals surface area contributed by atoms with Gasteiger partial charge in [-0.1, -0.05) is 0 Å². The maximum absolute atomic E-state index is 12.3. The highest BCUT2D eigenvalue weighted by molar-refractivity contribution is 7.92. The van der Waals surface area contributed by atoms with Crippen molar-refractivity contribution in [3.63, 3.8) is 0 Å². The second kappa shape index (κ2) is 5.13. The molecule has 0 saturated heterocycles. The first-order valence-electron chi connectivity index (χ1n) is 5.70. The molecule has 0 bridgehead atoms. The van der Waals surface area contributed by atoms with Crippen LogP contribution in [0.25, 0.3) is 0 Å². The van der Waals surface area contributed by atoms with Gasteiger partial charge in [-0.05, 0) is 20.8 Å². The van der Waals surface area contributed by atoms with Gasteiger partial charge >= 0.3 is 0 Å². The van der Waals surface area contributed by atoms with E-state index in [1.807, 2.05) is 0 Å². The zero-order chi connectivity index (χ0) is 14.9. The predicted octanol–water partition coefficient (Wildman–Crippen LogP) is -0.187. The number of H-pyrrole nitrogens is 1. The molecule has 2 heterocycles. The van der Waals surface area contributed by atoms with Gasteiger partial charge in [-0.25, -0.2) is 18.1 Å². The molecule has 0 saturated carbocycles. The first-order valence-corrected chi connectivity index (χ1v) is 7.19. The fourth-order valence-corrected chi connectivity index (χ4v) is 2.90. The van der Waals surface area contributed by atoms with Gasteiger partial charge in [0.1, 0.15) is 10.6 Å². The van der Waals surface area contributed by atoms with Gasteiger partial charge in [0.25, 0.3) is 16.0 Å². The SMILES string of the molecule is Cc1nnc(NS(=O)(=O)c2c(CO)n[nH]c2C)nc1C.